The summed E-state index contributed by atoms with van der Waals surface area (Å²) in [7, 11) is 2.10. The molecule has 0 fully saturated rings. The lowest BCUT2D eigenvalue weighted by Crippen LogP contribution is -2.28. The van der Waals surface area contributed by atoms with E-state index < -0.39 is 0 Å². The fourth-order valence-electron chi connectivity index (χ4n) is 2.39. The molecule has 1 heterocycles. The van der Waals surface area contributed by atoms with E-state index in [1.807, 2.05) is 6.07 Å². The zero-order chi connectivity index (χ0) is 14.5. The lowest BCUT2D eigenvalue weighted by atomic mass is 10.1. The molecule has 0 aliphatic heterocycles. The number of aromatic nitrogens is 2. The monoisotopic (exact) mass is 275 g/mol. The summed E-state index contributed by atoms with van der Waals surface area (Å²) in [4.78, 5) is 2.28. The minimum Gasteiger partial charge on any atom is -0.299 e. The third-order valence-corrected chi connectivity index (χ3v) is 3.74. The molecule has 0 radical (unpaired) electrons. The van der Waals surface area contributed by atoms with Gasteiger partial charge in [-0.1, -0.05) is 25.5 Å². The summed E-state index contributed by atoms with van der Waals surface area (Å²) in [6.45, 7) is 5.17. The highest BCUT2D eigenvalue weighted by molar-refractivity contribution is 5.63. The van der Waals surface area contributed by atoms with Crippen molar-refractivity contribution in [1.82, 2.24) is 15.1 Å². The lowest BCUT2D eigenvalue weighted by molar-refractivity contribution is 0.237. The number of hydrogen-bond acceptors (Lipinski definition) is 2. The van der Waals surface area contributed by atoms with Crippen molar-refractivity contribution in [2.45, 2.75) is 39.3 Å². The quantitative estimate of drug-likeness (QED) is 0.868. The van der Waals surface area contributed by atoms with Gasteiger partial charge in [0.2, 0.25) is 0 Å². The summed E-state index contributed by atoms with van der Waals surface area (Å²) in [5, 5.41) is 7.00. The van der Waals surface area contributed by atoms with E-state index in [2.05, 4.69) is 36.0 Å². The van der Waals surface area contributed by atoms with Crippen LogP contribution in [0.1, 0.15) is 32.3 Å². The standard InChI is InChI=1S/C16H22FN3/c1-4-7-12(2)20(3)11-13-10-18-19-16(13)14-8-5-6-9-15(14)17/h5-6,8-10,12H,4,7,11H2,1-3H3,(H,18,19). The number of hydrogen-bond donors (Lipinski definition) is 1. The van der Waals surface area contributed by atoms with Crippen LogP contribution >= 0.6 is 0 Å². The first-order valence-corrected chi connectivity index (χ1v) is 7.10. The van der Waals surface area contributed by atoms with E-state index in [1.54, 1.807) is 18.3 Å². The second-order valence-electron chi connectivity index (χ2n) is 5.30. The number of halogens is 1. The van der Waals surface area contributed by atoms with Gasteiger partial charge in [-0.3, -0.25) is 10.00 Å². The molecule has 2 aromatic rings. The first-order valence-electron chi connectivity index (χ1n) is 7.10. The van der Waals surface area contributed by atoms with Gasteiger partial charge in [-0.25, -0.2) is 4.39 Å². The normalized spacial score (nSPS) is 12.8. The molecule has 1 aromatic carbocycles. The van der Waals surface area contributed by atoms with Crippen molar-refractivity contribution >= 4 is 0 Å². The lowest BCUT2D eigenvalue weighted by Gasteiger charge is -2.24. The van der Waals surface area contributed by atoms with Crippen molar-refractivity contribution in [3.05, 3.63) is 41.8 Å². The highest BCUT2D eigenvalue weighted by Gasteiger charge is 2.15. The molecule has 1 N–H and O–H groups in total. The zero-order valence-electron chi connectivity index (χ0n) is 12.4. The summed E-state index contributed by atoms with van der Waals surface area (Å²) >= 11 is 0. The Morgan fingerprint density at radius 1 is 1.35 bits per heavy atom. The second kappa shape index (κ2) is 6.66. The molecule has 2 rings (SSSR count). The van der Waals surface area contributed by atoms with E-state index in [0.29, 0.717) is 11.6 Å². The second-order valence-corrected chi connectivity index (χ2v) is 5.30. The predicted molar refractivity (Wildman–Crippen MR) is 79.8 cm³/mol. The van der Waals surface area contributed by atoms with Crippen molar-refractivity contribution in [2.24, 2.45) is 0 Å². The van der Waals surface area contributed by atoms with E-state index in [-0.39, 0.29) is 5.82 Å². The van der Waals surface area contributed by atoms with Crippen molar-refractivity contribution in [3.63, 3.8) is 0 Å². The highest BCUT2D eigenvalue weighted by Crippen LogP contribution is 2.25. The van der Waals surface area contributed by atoms with Crippen molar-refractivity contribution in [3.8, 4) is 11.3 Å². The number of rotatable bonds is 6. The number of aromatic amines is 1. The molecule has 1 aromatic heterocycles. The van der Waals surface area contributed by atoms with Gasteiger partial charge in [0.05, 0.1) is 11.9 Å². The molecular formula is C16H22FN3. The van der Waals surface area contributed by atoms with Crippen LogP contribution < -0.4 is 0 Å². The Kier molecular flexibility index (Phi) is 4.90. The maximum absolute atomic E-state index is 13.9. The Balaban J connectivity index is 2.19. The van der Waals surface area contributed by atoms with E-state index >= 15 is 0 Å². The molecule has 4 heteroatoms. The topological polar surface area (TPSA) is 31.9 Å². The molecule has 0 bridgehead atoms. The van der Waals surface area contributed by atoms with Gasteiger partial charge in [0.1, 0.15) is 5.82 Å². The van der Waals surface area contributed by atoms with Crippen LogP contribution in [0.15, 0.2) is 30.5 Å². The van der Waals surface area contributed by atoms with E-state index in [9.17, 15) is 4.39 Å². The minimum absolute atomic E-state index is 0.220. The molecule has 0 saturated carbocycles. The average molecular weight is 275 g/mol. The van der Waals surface area contributed by atoms with Gasteiger partial charge < -0.3 is 0 Å². The third-order valence-electron chi connectivity index (χ3n) is 3.74. The molecule has 0 aliphatic rings. The van der Waals surface area contributed by atoms with E-state index in [4.69, 9.17) is 0 Å². The number of nitrogens with one attached hydrogen (secondary N) is 1. The molecule has 0 aliphatic carbocycles. The maximum Gasteiger partial charge on any atom is 0.132 e. The predicted octanol–water partition coefficient (Wildman–Crippen LogP) is 3.84. The van der Waals surface area contributed by atoms with Crippen LogP contribution in [-0.2, 0) is 6.54 Å². The molecule has 108 valence electrons. The SMILES string of the molecule is CCCC(C)N(C)Cc1cn[nH]c1-c1ccccc1F. The van der Waals surface area contributed by atoms with Gasteiger partial charge in [-0.2, -0.15) is 5.10 Å². The number of H-pyrrole nitrogens is 1. The average Bonchev–Trinajstić information content (AvgIpc) is 2.87. The molecule has 20 heavy (non-hydrogen) atoms. The van der Waals surface area contributed by atoms with Crippen LogP contribution in [0.25, 0.3) is 11.3 Å². The largest absolute Gasteiger partial charge is 0.299 e. The fourth-order valence-corrected chi connectivity index (χ4v) is 2.39. The van der Waals surface area contributed by atoms with Gasteiger partial charge in [0.15, 0.2) is 0 Å². The van der Waals surface area contributed by atoms with Gasteiger partial charge in [-0.15, -0.1) is 0 Å². The fraction of sp³-hybridized carbons (Fsp3) is 0.438. The third kappa shape index (κ3) is 3.25. The molecule has 1 atom stereocenters. The van der Waals surface area contributed by atoms with Crippen molar-refractivity contribution < 1.29 is 4.39 Å². The maximum atomic E-state index is 13.9. The van der Waals surface area contributed by atoms with E-state index in [0.717, 1.165) is 30.6 Å². The van der Waals surface area contributed by atoms with Crippen molar-refractivity contribution in [1.29, 1.82) is 0 Å². The van der Waals surface area contributed by atoms with Crippen LogP contribution in [0, 0.1) is 5.82 Å². The molecule has 1 unspecified atom stereocenters. The molecule has 0 spiro atoms. The highest BCUT2D eigenvalue weighted by atomic mass is 19.1. The van der Waals surface area contributed by atoms with Gasteiger partial charge in [0.25, 0.3) is 0 Å². The van der Waals surface area contributed by atoms with Crippen LogP contribution in [0.2, 0.25) is 0 Å². The van der Waals surface area contributed by atoms with Crippen LogP contribution in [-0.4, -0.2) is 28.2 Å². The van der Waals surface area contributed by atoms with E-state index in [1.165, 1.54) is 6.07 Å². The Bertz CT molecular complexity index is 550. The molecular weight excluding hydrogens is 253 g/mol. The van der Waals surface area contributed by atoms with Crippen LogP contribution in [0.4, 0.5) is 4.39 Å². The Morgan fingerprint density at radius 3 is 2.80 bits per heavy atom. The zero-order valence-corrected chi connectivity index (χ0v) is 12.4. The summed E-state index contributed by atoms with van der Waals surface area (Å²) in [5.74, 6) is -0.220. The first kappa shape index (κ1) is 14.7. The summed E-state index contributed by atoms with van der Waals surface area (Å²) in [5.41, 5.74) is 2.38. The summed E-state index contributed by atoms with van der Waals surface area (Å²) in [6.07, 6.45) is 4.11. The molecule has 3 nitrogen and oxygen atoms in total. The van der Waals surface area contributed by atoms with Gasteiger partial charge in [-0.05, 0) is 32.5 Å². The number of benzene rings is 1. The molecule has 0 saturated heterocycles. The molecule has 0 amide bonds. The number of nitrogens with zero attached hydrogens (tertiary/aromatic N) is 2. The van der Waals surface area contributed by atoms with Crippen LogP contribution in [0.5, 0.6) is 0 Å². The first-order chi connectivity index (χ1) is 9.63. The Labute approximate surface area is 119 Å². The van der Waals surface area contributed by atoms with Crippen molar-refractivity contribution in [2.75, 3.05) is 7.05 Å². The van der Waals surface area contributed by atoms with Gasteiger partial charge >= 0.3 is 0 Å². The Morgan fingerprint density at radius 2 is 2.10 bits per heavy atom. The summed E-state index contributed by atoms with van der Waals surface area (Å²) < 4.78 is 13.9. The van der Waals surface area contributed by atoms with Gasteiger partial charge in [0, 0.05) is 23.7 Å². The summed E-state index contributed by atoms with van der Waals surface area (Å²) in [6, 6.07) is 7.30. The smallest absolute Gasteiger partial charge is 0.132 e. The Hall–Kier alpha value is -1.68. The minimum atomic E-state index is -0.220. The van der Waals surface area contributed by atoms with Crippen LogP contribution in [0.3, 0.4) is 0 Å².